The number of hydrogen-bond acceptors (Lipinski definition) is 2. The molecule has 0 radical (unpaired) electrons. The maximum Gasteiger partial charge on any atom is 0.0368 e. The van der Waals surface area contributed by atoms with Crippen molar-refractivity contribution in [3.05, 3.63) is 170 Å². The Kier molecular flexibility index (Phi) is 6.09. The topological polar surface area (TPSA) is 0 Å². The fourth-order valence-corrected chi connectivity index (χ4v) is 10.6. The van der Waals surface area contributed by atoms with Gasteiger partial charge in [0.05, 0.1) is 0 Å². The quantitative estimate of drug-likeness (QED) is 0.164. The summed E-state index contributed by atoms with van der Waals surface area (Å²) in [7, 11) is 0. The lowest BCUT2D eigenvalue weighted by molar-refractivity contribution is 1.66. The van der Waals surface area contributed by atoms with Gasteiger partial charge in [0.1, 0.15) is 0 Å². The van der Waals surface area contributed by atoms with Crippen LogP contribution in [-0.2, 0) is 0 Å². The molecule has 2 heterocycles. The third-order valence-electron chi connectivity index (χ3n) is 10.5. The zero-order valence-corrected chi connectivity index (χ0v) is 28.6. The lowest BCUT2D eigenvalue weighted by Crippen LogP contribution is -1.90. The van der Waals surface area contributed by atoms with Crippen molar-refractivity contribution < 1.29 is 0 Å². The number of fused-ring (bicyclic) bond motifs is 10. The summed E-state index contributed by atoms with van der Waals surface area (Å²) in [4.78, 5) is 0. The van der Waals surface area contributed by atoms with Gasteiger partial charge < -0.3 is 0 Å². The number of thiophene rings is 2. The van der Waals surface area contributed by atoms with Gasteiger partial charge in [-0.2, -0.15) is 0 Å². The van der Waals surface area contributed by atoms with Gasteiger partial charge in [0, 0.05) is 40.3 Å². The van der Waals surface area contributed by atoms with Crippen molar-refractivity contribution in [2.75, 3.05) is 0 Å². The average Bonchev–Trinajstić information content (AvgIpc) is 3.74. The summed E-state index contributed by atoms with van der Waals surface area (Å²) in [5.74, 6) is 0. The first-order chi connectivity index (χ1) is 24.8. The first-order valence-corrected chi connectivity index (χ1v) is 18.7. The van der Waals surface area contributed by atoms with E-state index >= 15 is 0 Å². The van der Waals surface area contributed by atoms with Gasteiger partial charge in [-0.3, -0.25) is 0 Å². The van der Waals surface area contributed by atoms with Crippen molar-refractivity contribution in [3.8, 4) is 33.4 Å². The van der Waals surface area contributed by atoms with Gasteiger partial charge in [-0.15, -0.1) is 22.7 Å². The van der Waals surface area contributed by atoms with E-state index < -0.39 is 0 Å². The van der Waals surface area contributed by atoms with E-state index in [0.717, 1.165) is 0 Å². The SMILES string of the molecule is c1ccc(-c2c3ccccc3c(-c3ccc4c(c3)sc3cc(-c5cc6sc7ccccc7c6c6ccccc56)ccc34)c3ccccc23)cc1. The molecule has 2 aromatic heterocycles. The first kappa shape index (κ1) is 28.1. The summed E-state index contributed by atoms with van der Waals surface area (Å²) < 4.78 is 5.33. The summed E-state index contributed by atoms with van der Waals surface area (Å²) in [6, 6.07) is 63.0. The molecule has 0 aliphatic rings. The van der Waals surface area contributed by atoms with Crippen LogP contribution in [0.15, 0.2) is 170 Å². The third-order valence-corrected chi connectivity index (χ3v) is 12.7. The monoisotopic (exact) mass is 668 g/mol. The van der Waals surface area contributed by atoms with Crippen LogP contribution >= 0.6 is 22.7 Å². The Labute approximate surface area is 297 Å². The highest BCUT2D eigenvalue weighted by molar-refractivity contribution is 7.26. The molecule has 0 amide bonds. The van der Waals surface area contributed by atoms with E-state index in [2.05, 4.69) is 170 Å². The standard InChI is InChI=1S/C48H28S2/c1-2-12-29(13-3-1)46-36-16-6-8-18-38(36)47(39-19-9-7-17-37(39)46)31-23-25-34-33-24-22-30(26-43(33)50-44(34)27-31)41-28-45-48(35-15-5-4-14-32(35)41)40-20-10-11-21-42(40)49-45/h1-28H. The summed E-state index contributed by atoms with van der Waals surface area (Å²) in [6.45, 7) is 0. The zero-order valence-electron chi connectivity index (χ0n) is 27.0. The zero-order chi connectivity index (χ0) is 32.8. The molecular formula is C48H28S2. The van der Waals surface area contributed by atoms with Crippen LogP contribution < -0.4 is 0 Å². The molecule has 0 fully saturated rings. The lowest BCUT2D eigenvalue weighted by Gasteiger charge is -2.17. The molecule has 0 bridgehead atoms. The molecule has 0 saturated heterocycles. The van der Waals surface area contributed by atoms with Crippen LogP contribution in [0.25, 0.3) is 106 Å². The number of hydrogen-bond donors (Lipinski definition) is 0. The van der Waals surface area contributed by atoms with Crippen molar-refractivity contribution in [2.45, 2.75) is 0 Å². The van der Waals surface area contributed by atoms with Gasteiger partial charge in [0.15, 0.2) is 0 Å². The minimum atomic E-state index is 1.25. The van der Waals surface area contributed by atoms with Crippen molar-refractivity contribution in [2.24, 2.45) is 0 Å². The summed E-state index contributed by atoms with van der Waals surface area (Å²) in [6.07, 6.45) is 0. The van der Waals surface area contributed by atoms with Gasteiger partial charge in [-0.1, -0.05) is 146 Å². The largest absolute Gasteiger partial charge is 0.135 e. The van der Waals surface area contributed by atoms with E-state index in [1.807, 2.05) is 22.7 Å². The van der Waals surface area contributed by atoms with E-state index in [1.165, 1.54) is 106 Å². The molecule has 0 nitrogen and oxygen atoms in total. The molecule has 50 heavy (non-hydrogen) atoms. The fraction of sp³-hybridized carbons (Fsp3) is 0. The Morgan fingerprint density at radius 3 is 1.40 bits per heavy atom. The molecule has 9 aromatic carbocycles. The summed E-state index contributed by atoms with van der Waals surface area (Å²) in [5, 5.41) is 13.2. The molecule has 0 aliphatic heterocycles. The fourth-order valence-electron chi connectivity index (χ4n) is 8.28. The summed E-state index contributed by atoms with van der Waals surface area (Å²) in [5.41, 5.74) is 7.69. The van der Waals surface area contributed by atoms with Crippen LogP contribution in [0.1, 0.15) is 0 Å². The van der Waals surface area contributed by atoms with Crippen LogP contribution in [0.2, 0.25) is 0 Å². The Hall–Kier alpha value is -5.80. The van der Waals surface area contributed by atoms with Crippen molar-refractivity contribution in [3.63, 3.8) is 0 Å². The van der Waals surface area contributed by atoms with E-state index in [0.29, 0.717) is 0 Å². The number of benzene rings is 9. The normalized spacial score (nSPS) is 12.0. The molecule has 11 aromatic rings. The average molecular weight is 669 g/mol. The molecule has 0 unspecified atom stereocenters. The van der Waals surface area contributed by atoms with Crippen molar-refractivity contribution >= 4 is 95.3 Å². The van der Waals surface area contributed by atoms with Crippen molar-refractivity contribution in [1.82, 2.24) is 0 Å². The van der Waals surface area contributed by atoms with Crippen LogP contribution in [0.3, 0.4) is 0 Å². The second-order valence-corrected chi connectivity index (χ2v) is 15.3. The number of rotatable bonds is 3. The van der Waals surface area contributed by atoms with Gasteiger partial charge in [-0.25, -0.2) is 0 Å². The highest BCUT2D eigenvalue weighted by Crippen LogP contribution is 2.47. The third kappa shape index (κ3) is 4.10. The molecule has 0 saturated carbocycles. The Morgan fingerprint density at radius 2 is 0.740 bits per heavy atom. The molecule has 0 N–H and O–H groups in total. The van der Waals surface area contributed by atoms with Gasteiger partial charge in [0.2, 0.25) is 0 Å². The van der Waals surface area contributed by atoms with Gasteiger partial charge in [0.25, 0.3) is 0 Å². The summed E-state index contributed by atoms with van der Waals surface area (Å²) >= 11 is 3.80. The molecule has 0 atom stereocenters. The Bertz CT molecular complexity index is 3080. The van der Waals surface area contributed by atoms with Crippen LogP contribution in [0.4, 0.5) is 0 Å². The van der Waals surface area contributed by atoms with Crippen molar-refractivity contribution in [1.29, 1.82) is 0 Å². The second-order valence-electron chi connectivity index (χ2n) is 13.2. The molecule has 0 aliphatic carbocycles. The van der Waals surface area contributed by atoms with Crippen LogP contribution in [-0.4, -0.2) is 0 Å². The highest BCUT2D eigenvalue weighted by atomic mass is 32.1. The molecule has 0 spiro atoms. The van der Waals surface area contributed by atoms with Crippen LogP contribution in [0.5, 0.6) is 0 Å². The Balaban J connectivity index is 1.11. The van der Waals surface area contributed by atoms with E-state index in [9.17, 15) is 0 Å². The van der Waals surface area contributed by atoms with Gasteiger partial charge >= 0.3 is 0 Å². The lowest BCUT2D eigenvalue weighted by atomic mass is 9.86. The molecular weight excluding hydrogens is 641 g/mol. The molecule has 2 heteroatoms. The minimum absolute atomic E-state index is 1.25. The maximum absolute atomic E-state index is 2.43. The van der Waals surface area contributed by atoms with E-state index in [-0.39, 0.29) is 0 Å². The second kappa shape index (κ2) is 10.9. The predicted molar refractivity (Wildman–Crippen MR) is 221 cm³/mol. The highest BCUT2D eigenvalue weighted by Gasteiger charge is 2.18. The molecule has 11 rings (SSSR count). The first-order valence-electron chi connectivity index (χ1n) is 17.1. The smallest absolute Gasteiger partial charge is 0.0368 e. The van der Waals surface area contributed by atoms with Gasteiger partial charge in [-0.05, 0) is 90.0 Å². The van der Waals surface area contributed by atoms with E-state index in [1.54, 1.807) is 0 Å². The Morgan fingerprint density at radius 1 is 0.260 bits per heavy atom. The maximum atomic E-state index is 2.43. The molecule has 232 valence electrons. The van der Waals surface area contributed by atoms with E-state index in [4.69, 9.17) is 0 Å². The van der Waals surface area contributed by atoms with Crippen LogP contribution in [0, 0.1) is 0 Å². The minimum Gasteiger partial charge on any atom is -0.135 e. The predicted octanol–water partition coefficient (Wildman–Crippen LogP) is 14.9.